The quantitative estimate of drug-likeness (QED) is 0.396. The van der Waals surface area contributed by atoms with E-state index < -0.39 is 0 Å². The van der Waals surface area contributed by atoms with Crippen molar-refractivity contribution in [1.82, 2.24) is 15.3 Å². The van der Waals surface area contributed by atoms with Crippen molar-refractivity contribution in [3.8, 4) is 11.3 Å². The van der Waals surface area contributed by atoms with Gasteiger partial charge >= 0.3 is 0 Å². The lowest BCUT2D eigenvalue weighted by Gasteiger charge is -2.14. The number of carbonyl (C=O) groups excluding carboxylic acids is 1. The largest absolute Gasteiger partial charge is 0.464 e. The van der Waals surface area contributed by atoms with Crippen molar-refractivity contribution in [1.29, 1.82) is 0 Å². The summed E-state index contributed by atoms with van der Waals surface area (Å²) in [6.45, 7) is 1.52. The van der Waals surface area contributed by atoms with Gasteiger partial charge in [-0.15, -0.1) is 11.3 Å². The van der Waals surface area contributed by atoms with Crippen LogP contribution >= 0.6 is 11.3 Å². The summed E-state index contributed by atoms with van der Waals surface area (Å²) in [6.07, 6.45) is 3.65. The fourth-order valence-electron chi connectivity index (χ4n) is 3.81. The zero-order valence-electron chi connectivity index (χ0n) is 17.2. The summed E-state index contributed by atoms with van der Waals surface area (Å²) in [4.78, 5) is 33.5. The highest BCUT2D eigenvalue weighted by atomic mass is 32.1. The van der Waals surface area contributed by atoms with Crippen molar-refractivity contribution < 1.29 is 13.9 Å². The summed E-state index contributed by atoms with van der Waals surface area (Å²) in [5.74, 6) is 0.962. The molecule has 5 rings (SSSR count). The summed E-state index contributed by atoms with van der Waals surface area (Å²) >= 11 is 1.39. The number of hydrogen-bond donors (Lipinski definition) is 3. The van der Waals surface area contributed by atoms with Crippen molar-refractivity contribution in [2.75, 3.05) is 18.5 Å². The zero-order valence-corrected chi connectivity index (χ0v) is 18.0. The second kappa shape index (κ2) is 8.97. The number of rotatable bonds is 7. The number of benzene rings is 1. The van der Waals surface area contributed by atoms with Crippen LogP contribution in [0.15, 0.2) is 57.3 Å². The molecule has 0 bridgehead atoms. The molecular weight excluding hydrogens is 428 g/mol. The number of carbonyl (C=O) groups is 1. The van der Waals surface area contributed by atoms with E-state index in [1.54, 1.807) is 18.4 Å². The summed E-state index contributed by atoms with van der Waals surface area (Å²) in [5, 5.41) is 8.56. The second-order valence-electron chi connectivity index (χ2n) is 7.56. The SMILES string of the molecule is O=C(NC[C@H]1CCCO1)c1ccccc1NCc1nc2scc(-c3ccco3)c2c(=O)[nH]1. The summed E-state index contributed by atoms with van der Waals surface area (Å²) in [5.41, 5.74) is 1.71. The van der Waals surface area contributed by atoms with E-state index in [0.717, 1.165) is 25.0 Å². The van der Waals surface area contributed by atoms with Crippen LogP contribution in [0, 0.1) is 0 Å². The number of para-hydroxylation sites is 1. The van der Waals surface area contributed by atoms with Crippen molar-refractivity contribution in [2.24, 2.45) is 0 Å². The first-order chi connectivity index (χ1) is 15.7. The van der Waals surface area contributed by atoms with Crippen LogP contribution in [-0.2, 0) is 11.3 Å². The van der Waals surface area contributed by atoms with Crippen molar-refractivity contribution in [2.45, 2.75) is 25.5 Å². The normalized spacial score (nSPS) is 15.8. The highest BCUT2D eigenvalue weighted by Gasteiger charge is 2.18. The molecule has 4 aromatic rings. The number of hydrogen-bond acceptors (Lipinski definition) is 7. The van der Waals surface area contributed by atoms with Crippen molar-refractivity contribution in [3.63, 3.8) is 0 Å². The molecule has 1 aromatic carbocycles. The lowest BCUT2D eigenvalue weighted by atomic mass is 10.1. The van der Waals surface area contributed by atoms with Gasteiger partial charge in [0, 0.05) is 29.8 Å². The van der Waals surface area contributed by atoms with Gasteiger partial charge in [-0.25, -0.2) is 4.98 Å². The molecular formula is C23H22N4O4S. The molecule has 0 saturated carbocycles. The third kappa shape index (κ3) is 4.17. The Balaban J connectivity index is 1.31. The van der Waals surface area contributed by atoms with E-state index in [-0.39, 0.29) is 24.1 Å². The molecule has 3 N–H and O–H groups in total. The van der Waals surface area contributed by atoms with Gasteiger partial charge in [0.15, 0.2) is 0 Å². The van der Waals surface area contributed by atoms with E-state index in [4.69, 9.17) is 9.15 Å². The summed E-state index contributed by atoms with van der Waals surface area (Å²) < 4.78 is 11.0. The Hall–Kier alpha value is -3.43. The topological polar surface area (TPSA) is 109 Å². The molecule has 9 heteroatoms. The van der Waals surface area contributed by atoms with Gasteiger partial charge in [0.05, 0.1) is 29.9 Å². The van der Waals surface area contributed by atoms with Crippen LogP contribution in [0.5, 0.6) is 0 Å². The molecule has 164 valence electrons. The number of aromatic nitrogens is 2. The van der Waals surface area contributed by atoms with E-state index in [2.05, 4.69) is 20.6 Å². The highest BCUT2D eigenvalue weighted by molar-refractivity contribution is 7.17. The molecule has 0 spiro atoms. The smallest absolute Gasteiger partial charge is 0.260 e. The molecule has 1 amide bonds. The van der Waals surface area contributed by atoms with Crippen molar-refractivity contribution >= 4 is 33.1 Å². The molecule has 0 aliphatic carbocycles. The predicted octanol–water partition coefficient (Wildman–Crippen LogP) is 3.77. The number of aromatic amines is 1. The molecule has 0 radical (unpaired) electrons. The molecule has 8 nitrogen and oxygen atoms in total. The summed E-state index contributed by atoms with van der Waals surface area (Å²) in [6, 6.07) is 10.9. The maximum Gasteiger partial charge on any atom is 0.260 e. The minimum absolute atomic E-state index is 0.0805. The van der Waals surface area contributed by atoms with Crippen LogP contribution in [0.25, 0.3) is 21.5 Å². The fourth-order valence-corrected chi connectivity index (χ4v) is 4.76. The standard InChI is InChI=1S/C23H22N4O4S/c28-21(25-11-14-5-3-9-30-14)15-6-1-2-7-17(15)24-12-19-26-22(29)20-16(13-32-23(20)27-19)18-8-4-10-31-18/h1-2,4,6-8,10,13-14,24H,3,5,9,11-12H2,(H,25,28)(H,26,27,29)/t14-/m1/s1. The van der Waals surface area contributed by atoms with Crippen LogP contribution in [0.2, 0.25) is 0 Å². The third-order valence-corrected chi connectivity index (χ3v) is 6.28. The van der Waals surface area contributed by atoms with E-state index in [0.29, 0.717) is 39.6 Å². The molecule has 32 heavy (non-hydrogen) atoms. The Kier molecular flexibility index (Phi) is 5.74. The number of amides is 1. The minimum atomic E-state index is -0.220. The summed E-state index contributed by atoms with van der Waals surface area (Å²) in [7, 11) is 0. The van der Waals surface area contributed by atoms with Gasteiger partial charge in [0.25, 0.3) is 11.5 Å². The first-order valence-electron chi connectivity index (χ1n) is 10.5. The highest BCUT2D eigenvalue weighted by Crippen LogP contribution is 2.30. The van der Waals surface area contributed by atoms with Crippen LogP contribution in [0.3, 0.4) is 0 Å². The van der Waals surface area contributed by atoms with Crippen LogP contribution in [-0.4, -0.2) is 35.1 Å². The second-order valence-corrected chi connectivity index (χ2v) is 8.42. The van der Waals surface area contributed by atoms with E-state index in [9.17, 15) is 9.59 Å². The van der Waals surface area contributed by atoms with Crippen molar-refractivity contribution in [3.05, 3.63) is 69.8 Å². The first kappa shape index (κ1) is 20.5. The fraction of sp³-hybridized carbons (Fsp3) is 0.261. The number of fused-ring (bicyclic) bond motifs is 1. The Labute approximate surface area is 187 Å². The van der Waals surface area contributed by atoms with Crippen LogP contribution < -0.4 is 16.2 Å². The molecule has 4 heterocycles. The van der Waals surface area contributed by atoms with E-state index >= 15 is 0 Å². The Morgan fingerprint density at radius 1 is 1.25 bits per heavy atom. The van der Waals surface area contributed by atoms with E-state index in [1.807, 2.05) is 29.6 Å². The Morgan fingerprint density at radius 2 is 2.16 bits per heavy atom. The van der Waals surface area contributed by atoms with Gasteiger partial charge < -0.3 is 24.8 Å². The van der Waals surface area contributed by atoms with Gasteiger partial charge in [-0.05, 0) is 37.1 Å². The Morgan fingerprint density at radius 3 is 2.97 bits per heavy atom. The number of ether oxygens (including phenoxy) is 1. The van der Waals surface area contributed by atoms with Gasteiger partial charge in [0.2, 0.25) is 0 Å². The number of anilines is 1. The van der Waals surface area contributed by atoms with E-state index in [1.165, 1.54) is 11.3 Å². The number of nitrogens with one attached hydrogen (secondary N) is 3. The number of nitrogens with zero attached hydrogens (tertiary/aromatic N) is 1. The van der Waals surface area contributed by atoms with Gasteiger partial charge in [-0.3, -0.25) is 9.59 Å². The molecule has 1 saturated heterocycles. The van der Waals surface area contributed by atoms with Gasteiger partial charge in [0.1, 0.15) is 16.4 Å². The lowest BCUT2D eigenvalue weighted by Crippen LogP contribution is -2.32. The minimum Gasteiger partial charge on any atom is -0.464 e. The predicted molar refractivity (Wildman–Crippen MR) is 123 cm³/mol. The van der Waals surface area contributed by atoms with Crippen LogP contribution in [0.1, 0.15) is 29.0 Å². The number of thiophene rings is 1. The average Bonchev–Trinajstić information content (AvgIpc) is 3.57. The maximum atomic E-state index is 12.7. The lowest BCUT2D eigenvalue weighted by molar-refractivity contribution is 0.0858. The molecule has 0 unspecified atom stereocenters. The zero-order chi connectivity index (χ0) is 21.9. The number of H-pyrrole nitrogens is 1. The van der Waals surface area contributed by atoms with Gasteiger partial charge in [-0.1, -0.05) is 12.1 Å². The average molecular weight is 451 g/mol. The molecule has 1 aliphatic rings. The molecule has 1 fully saturated rings. The molecule has 1 atom stereocenters. The molecule has 3 aromatic heterocycles. The third-order valence-electron chi connectivity index (χ3n) is 5.41. The van der Waals surface area contributed by atoms with Crippen LogP contribution in [0.4, 0.5) is 5.69 Å². The molecule has 1 aliphatic heterocycles. The van der Waals surface area contributed by atoms with Gasteiger partial charge in [-0.2, -0.15) is 0 Å². The Bertz CT molecular complexity index is 1290. The first-order valence-corrected chi connectivity index (χ1v) is 11.3. The monoisotopic (exact) mass is 450 g/mol. The maximum absolute atomic E-state index is 12.7. The number of furan rings is 1.